The molecule has 0 radical (unpaired) electrons. The number of hydrogen-bond donors (Lipinski definition) is 2. The normalized spacial score (nSPS) is 34.2. The molecule has 2 aliphatic heterocycles. The highest BCUT2D eigenvalue weighted by molar-refractivity contribution is 4.90. The zero-order valence-corrected chi connectivity index (χ0v) is 13.6. The van der Waals surface area contributed by atoms with Gasteiger partial charge in [-0.25, -0.2) is 0 Å². The smallest absolute Gasteiger partial charge is 0.0224 e. The SMILES string of the molecule is CC(CC1C[C@H](CN)N(C(C)C)C1)N1CCC(CN)C1. The lowest BCUT2D eigenvalue weighted by Gasteiger charge is -2.28. The fraction of sp³-hybridized carbons (Fsp3) is 1.00. The largest absolute Gasteiger partial charge is 0.330 e. The third-order valence-electron chi connectivity index (χ3n) is 5.43. The van der Waals surface area contributed by atoms with Gasteiger partial charge in [-0.15, -0.1) is 0 Å². The van der Waals surface area contributed by atoms with E-state index in [0.29, 0.717) is 18.1 Å². The van der Waals surface area contributed by atoms with Gasteiger partial charge in [0.25, 0.3) is 0 Å². The molecular weight excluding hydrogens is 248 g/mol. The zero-order valence-electron chi connectivity index (χ0n) is 13.6. The van der Waals surface area contributed by atoms with Gasteiger partial charge < -0.3 is 16.4 Å². The monoisotopic (exact) mass is 282 g/mol. The van der Waals surface area contributed by atoms with E-state index in [4.69, 9.17) is 11.5 Å². The average Bonchev–Trinajstić information content (AvgIpc) is 3.04. The van der Waals surface area contributed by atoms with Gasteiger partial charge in [-0.05, 0) is 65.0 Å². The molecule has 0 aromatic rings. The summed E-state index contributed by atoms with van der Waals surface area (Å²) in [7, 11) is 0. The number of likely N-dealkylation sites (tertiary alicyclic amines) is 2. The van der Waals surface area contributed by atoms with Crippen molar-refractivity contribution in [1.29, 1.82) is 0 Å². The van der Waals surface area contributed by atoms with E-state index in [1.807, 2.05) is 0 Å². The third kappa shape index (κ3) is 3.73. The molecule has 2 rings (SSSR count). The molecule has 4 atom stereocenters. The van der Waals surface area contributed by atoms with Gasteiger partial charge in [0, 0.05) is 37.8 Å². The summed E-state index contributed by atoms with van der Waals surface area (Å²) in [6, 6.07) is 1.92. The molecule has 2 saturated heterocycles. The van der Waals surface area contributed by atoms with Gasteiger partial charge in [0.15, 0.2) is 0 Å². The fourth-order valence-corrected chi connectivity index (χ4v) is 4.16. The first kappa shape index (κ1) is 16.2. The molecule has 3 unspecified atom stereocenters. The predicted molar refractivity (Wildman–Crippen MR) is 85.6 cm³/mol. The van der Waals surface area contributed by atoms with Crippen molar-refractivity contribution in [3.8, 4) is 0 Å². The van der Waals surface area contributed by atoms with Gasteiger partial charge in [0.05, 0.1) is 0 Å². The molecule has 118 valence electrons. The summed E-state index contributed by atoms with van der Waals surface area (Å²) in [5, 5.41) is 0. The molecule has 0 bridgehead atoms. The van der Waals surface area contributed by atoms with E-state index >= 15 is 0 Å². The lowest BCUT2D eigenvalue weighted by atomic mass is 9.97. The van der Waals surface area contributed by atoms with Crippen LogP contribution in [0.2, 0.25) is 0 Å². The van der Waals surface area contributed by atoms with Crippen molar-refractivity contribution in [3.63, 3.8) is 0 Å². The Labute approximate surface area is 124 Å². The highest BCUT2D eigenvalue weighted by Crippen LogP contribution is 2.30. The van der Waals surface area contributed by atoms with E-state index in [9.17, 15) is 0 Å². The van der Waals surface area contributed by atoms with Gasteiger partial charge in [-0.2, -0.15) is 0 Å². The summed E-state index contributed by atoms with van der Waals surface area (Å²) in [6.45, 7) is 12.3. The van der Waals surface area contributed by atoms with Crippen molar-refractivity contribution in [2.24, 2.45) is 23.3 Å². The lowest BCUT2D eigenvalue weighted by molar-refractivity contribution is 0.191. The van der Waals surface area contributed by atoms with Crippen LogP contribution in [0.15, 0.2) is 0 Å². The topological polar surface area (TPSA) is 58.5 Å². The molecule has 2 fully saturated rings. The predicted octanol–water partition coefficient (Wildman–Crippen LogP) is 1.10. The van der Waals surface area contributed by atoms with Crippen molar-refractivity contribution in [3.05, 3.63) is 0 Å². The number of rotatable bonds is 6. The van der Waals surface area contributed by atoms with Gasteiger partial charge >= 0.3 is 0 Å². The summed E-state index contributed by atoms with van der Waals surface area (Å²) in [4.78, 5) is 5.25. The van der Waals surface area contributed by atoms with E-state index in [1.165, 1.54) is 38.9 Å². The molecule has 0 spiro atoms. The Balaban J connectivity index is 1.82. The summed E-state index contributed by atoms with van der Waals surface area (Å²) in [6.07, 6.45) is 3.89. The first-order valence-electron chi connectivity index (χ1n) is 8.45. The maximum absolute atomic E-state index is 5.95. The van der Waals surface area contributed by atoms with Gasteiger partial charge in [0.2, 0.25) is 0 Å². The molecule has 2 aliphatic rings. The standard InChI is InChI=1S/C16H34N4/c1-12(2)20-11-15(7-16(20)9-18)6-13(3)19-5-4-14(8-17)10-19/h12-16H,4-11,17-18H2,1-3H3/t13?,14?,15?,16-/m1/s1. The Bertz CT molecular complexity index is 294. The lowest BCUT2D eigenvalue weighted by Crippen LogP contribution is -2.40. The molecule has 0 amide bonds. The minimum Gasteiger partial charge on any atom is -0.330 e. The first-order valence-corrected chi connectivity index (χ1v) is 8.45. The Hall–Kier alpha value is -0.160. The van der Waals surface area contributed by atoms with Crippen LogP contribution >= 0.6 is 0 Å². The maximum atomic E-state index is 5.95. The van der Waals surface area contributed by atoms with Crippen LogP contribution in [-0.4, -0.2) is 60.6 Å². The molecule has 20 heavy (non-hydrogen) atoms. The van der Waals surface area contributed by atoms with Crippen LogP contribution in [-0.2, 0) is 0 Å². The molecule has 0 aromatic heterocycles. The van der Waals surface area contributed by atoms with Gasteiger partial charge in [-0.3, -0.25) is 4.90 Å². The molecule has 2 heterocycles. The van der Waals surface area contributed by atoms with Crippen molar-refractivity contribution in [1.82, 2.24) is 9.80 Å². The highest BCUT2D eigenvalue weighted by Gasteiger charge is 2.34. The van der Waals surface area contributed by atoms with E-state index in [0.717, 1.165) is 24.9 Å². The number of nitrogens with two attached hydrogens (primary N) is 2. The highest BCUT2D eigenvalue weighted by atomic mass is 15.2. The van der Waals surface area contributed by atoms with Crippen molar-refractivity contribution in [2.75, 3.05) is 32.7 Å². The number of nitrogens with zero attached hydrogens (tertiary/aromatic N) is 2. The molecule has 0 aromatic carbocycles. The van der Waals surface area contributed by atoms with Crippen LogP contribution in [0.5, 0.6) is 0 Å². The molecule has 4 heteroatoms. The second-order valence-electron chi connectivity index (χ2n) is 7.25. The van der Waals surface area contributed by atoms with Gasteiger partial charge in [-0.1, -0.05) is 0 Å². The number of hydrogen-bond acceptors (Lipinski definition) is 4. The van der Waals surface area contributed by atoms with Crippen LogP contribution in [0.3, 0.4) is 0 Å². The fourth-order valence-electron chi connectivity index (χ4n) is 4.16. The Kier molecular flexibility index (Phi) is 5.84. The van der Waals surface area contributed by atoms with E-state index in [-0.39, 0.29) is 0 Å². The van der Waals surface area contributed by atoms with Crippen LogP contribution in [0.1, 0.15) is 40.0 Å². The third-order valence-corrected chi connectivity index (χ3v) is 5.43. The summed E-state index contributed by atoms with van der Waals surface area (Å²) in [5.41, 5.74) is 11.7. The van der Waals surface area contributed by atoms with E-state index < -0.39 is 0 Å². The van der Waals surface area contributed by atoms with Crippen molar-refractivity contribution >= 4 is 0 Å². The average molecular weight is 282 g/mol. The Morgan fingerprint density at radius 1 is 1.05 bits per heavy atom. The van der Waals surface area contributed by atoms with Crippen molar-refractivity contribution in [2.45, 2.75) is 58.2 Å². The molecule has 4 nitrogen and oxygen atoms in total. The summed E-state index contributed by atoms with van der Waals surface area (Å²) < 4.78 is 0. The Morgan fingerprint density at radius 3 is 2.30 bits per heavy atom. The van der Waals surface area contributed by atoms with Crippen LogP contribution in [0.25, 0.3) is 0 Å². The molecule has 0 saturated carbocycles. The first-order chi connectivity index (χ1) is 9.55. The Morgan fingerprint density at radius 2 is 1.80 bits per heavy atom. The zero-order chi connectivity index (χ0) is 14.7. The quantitative estimate of drug-likeness (QED) is 0.766. The minimum absolute atomic E-state index is 0.600. The summed E-state index contributed by atoms with van der Waals surface area (Å²) >= 11 is 0. The minimum atomic E-state index is 0.600. The van der Waals surface area contributed by atoms with Crippen LogP contribution in [0.4, 0.5) is 0 Å². The molecule has 0 aliphatic carbocycles. The van der Waals surface area contributed by atoms with Crippen LogP contribution < -0.4 is 11.5 Å². The van der Waals surface area contributed by atoms with E-state index in [1.54, 1.807) is 0 Å². The maximum Gasteiger partial charge on any atom is 0.0224 e. The summed E-state index contributed by atoms with van der Waals surface area (Å²) in [5.74, 6) is 1.54. The second kappa shape index (κ2) is 7.21. The molecular formula is C16H34N4. The van der Waals surface area contributed by atoms with Crippen molar-refractivity contribution < 1.29 is 0 Å². The van der Waals surface area contributed by atoms with Gasteiger partial charge in [0.1, 0.15) is 0 Å². The van der Waals surface area contributed by atoms with E-state index in [2.05, 4.69) is 30.6 Å². The van der Waals surface area contributed by atoms with Crippen LogP contribution in [0, 0.1) is 11.8 Å². The molecule has 4 N–H and O–H groups in total. The second-order valence-corrected chi connectivity index (χ2v) is 7.25.